The normalized spacial score (nSPS) is 18.9. The summed E-state index contributed by atoms with van der Waals surface area (Å²) in [6.45, 7) is 4.60. The van der Waals surface area contributed by atoms with E-state index in [1.807, 2.05) is 0 Å². The predicted octanol–water partition coefficient (Wildman–Crippen LogP) is 3.68. The molecule has 5 nitrogen and oxygen atoms in total. The lowest BCUT2D eigenvalue weighted by molar-refractivity contribution is -0.0481. The molecule has 0 aromatic carbocycles. The van der Waals surface area contributed by atoms with E-state index in [0.717, 1.165) is 0 Å². The van der Waals surface area contributed by atoms with Crippen molar-refractivity contribution in [3.63, 3.8) is 0 Å². The zero-order valence-corrected chi connectivity index (χ0v) is 15.2. The number of halogens is 6. The van der Waals surface area contributed by atoms with Crippen LogP contribution < -0.4 is 0 Å². The van der Waals surface area contributed by atoms with Gasteiger partial charge in [0.15, 0.2) is 4.58 Å². The van der Waals surface area contributed by atoms with Gasteiger partial charge in [0, 0.05) is 6.42 Å². The molecule has 0 aliphatic heterocycles. The summed E-state index contributed by atoms with van der Waals surface area (Å²) < 4.78 is 125. The highest BCUT2D eigenvalue weighted by Gasteiger charge is 2.63. The number of sulfone groups is 2. The quantitative estimate of drug-likeness (QED) is 0.453. The van der Waals surface area contributed by atoms with E-state index in [9.17, 15) is 43.2 Å². The first-order valence-electron chi connectivity index (χ1n) is 7.44. The first-order valence-corrected chi connectivity index (χ1v) is 10.5. The average molecular weight is 432 g/mol. The van der Waals surface area contributed by atoms with Gasteiger partial charge in [0.2, 0.25) is 0 Å². The standard InChI is InChI=1S/C13H18F6O5S2/c1-8(2)24-10(9-5-3-4-6-9)7-11(25(20,21)12(14,15)16)26(22,23)13(17,18)19/h9-11H,1,3-7H2,2H3. The molecule has 1 unspecified atom stereocenters. The highest BCUT2D eigenvalue weighted by atomic mass is 32.3. The largest absolute Gasteiger partial charge is 0.498 e. The SMILES string of the molecule is C=C(C)OC(CC(S(=O)(=O)C(F)(F)F)S(=O)(=O)C(F)(F)F)C1CCCC1. The maximum Gasteiger partial charge on any atom is 0.498 e. The zero-order chi connectivity index (χ0) is 20.6. The number of hydrogen-bond donors (Lipinski definition) is 0. The Hall–Kier alpha value is -0.980. The lowest BCUT2D eigenvalue weighted by atomic mass is 9.98. The Morgan fingerprint density at radius 1 is 1.00 bits per heavy atom. The highest BCUT2D eigenvalue weighted by Crippen LogP contribution is 2.41. The Balaban J connectivity index is 3.42. The van der Waals surface area contributed by atoms with E-state index in [0.29, 0.717) is 25.7 Å². The minimum atomic E-state index is -6.66. The molecule has 0 amide bonds. The fourth-order valence-corrected chi connectivity index (χ4v) is 6.30. The van der Waals surface area contributed by atoms with Gasteiger partial charge in [0.1, 0.15) is 6.10 Å². The molecule has 0 spiro atoms. The number of alkyl halides is 6. The lowest BCUT2D eigenvalue weighted by Crippen LogP contribution is -2.47. The van der Waals surface area contributed by atoms with Crippen molar-refractivity contribution in [2.45, 2.75) is 60.7 Å². The maximum absolute atomic E-state index is 12.8. The van der Waals surface area contributed by atoms with Gasteiger partial charge in [0.05, 0.1) is 5.76 Å². The summed E-state index contributed by atoms with van der Waals surface area (Å²) in [5.41, 5.74) is -12.3. The topological polar surface area (TPSA) is 77.5 Å². The fraction of sp³-hybridized carbons (Fsp3) is 0.846. The second-order valence-corrected chi connectivity index (χ2v) is 10.6. The molecule has 0 N–H and O–H groups in total. The van der Waals surface area contributed by atoms with Gasteiger partial charge in [-0.15, -0.1) is 0 Å². The van der Waals surface area contributed by atoms with Crippen LogP contribution >= 0.6 is 0 Å². The molecular weight excluding hydrogens is 414 g/mol. The Kier molecular flexibility index (Phi) is 6.71. The van der Waals surface area contributed by atoms with Crippen LogP contribution in [0.3, 0.4) is 0 Å². The molecule has 1 fully saturated rings. The van der Waals surface area contributed by atoms with Crippen LogP contribution in [0.25, 0.3) is 0 Å². The van der Waals surface area contributed by atoms with Crippen LogP contribution in [0.2, 0.25) is 0 Å². The van der Waals surface area contributed by atoms with E-state index in [2.05, 4.69) is 6.58 Å². The van der Waals surface area contributed by atoms with Crippen molar-refractivity contribution in [2.24, 2.45) is 5.92 Å². The highest BCUT2D eigenvalue weighted by molar-refractivity contribution is 8.09. The Labute approximate surface area is 147 Å². The molecule has 1 saturated carbocycles. The van der Waals surface area contributed by atoms with E-state index < -0.39 is 53.7 Å². The third-order valence-corrected chi connectivity index (χ3v) is 8.62. The first kappa shape index (κ1) is 23.1. The van der Waals surface area contributed by atoms with E-state index >= 15 is 0 Å². The molecule has 0 aromatic heterocycles. The van der Waals surface area contributed by atoms with Crippen LogP contribution in [-0.4, -0.2) is 38.5 Å². The van der Waals surface area contributed by atoms with Gasteiger partial charge < -0.3 is 4.74 Å². The summed E-state index contributed by atoms with van der Waals surface area (Å²) in [4.78, 5) is 0. The van der Waals surface area contributed by atoms with Crippen molar-refractivity contribution in [3.05, 3.63) is 12.3 Å². The van der Waals surface area contributed by atoms with Gasteiger partial charge >= 0.3 is 11.0 Å². The summed E-state index contributed by atoms with van der Waals surface area (Å²) in [6, 6.07) is 0. The van der Waals surface area contributed by atoms with Crippen molar-refractivity contribution in [2.75, 3.05) is 0 Å². The molecule has 154 valence electrons. The second-order valence-electron chi connectivity index (χ2n) is 6.05. The summed E-state index contributed by atoms with van der Waals surface area (Å²) in [5, 5.41) is 0. The Morgan fingerprint density at radius 2 is 1.38 bits per heavy atom. The van der Waals surface area contributed by atoms with Crippen LogP contribution in [0.1, 0.15) is 39.0 Å². The molecule has 0 heterocycles. The number of ether oxygens (including phenoxy) is 1. The van der Waals surface area contributed by atoms with Crippen molar-refractivity contribution < 1.29 is 47.9 Å². The van der Waals surface area contributed by atoms with E-state index in [1.54, 1.807) is 0 Å². The van der Waals surface area contributed by atoms with Crippen LogP contribution in [0.5, 0.6) is 0 Å². The van der Waals surface area contributed by atoms with Crippen LogP contribution in [0.15, 0.2) is 12.3 Å². The first-order chi connectivity index (χ1) is 11.5. The van der Waals surface area contributed by atoms with Crippen LogP contribution in [-0.2, 0) is 24.4 Å². The monoisotopic (exact) mass is 432 g/mol. The van der Waals surface area contributed by atoms with Crippen molar-refractivity contribution in [1.29, 1.82) is 0 Å². The lowest BCUT2D eigenvalue weighted by Gasteiger charge is -2.29. The molecule has 0 radical (unpaired) electrons. The third-order valence-electron chi connectivity index (χ3n) is 4.04. The molecule has 1 aliphatic rings. The maximum atomic E-state index is 12.8. The number of allylic oxidation sites excluding steroid dienone is 1. The molecule has 1 atom stereocenters. The minimum absolute atomic E-state index is 0.0746. The summed E-state index contributed by atoms with van der Waals surface area (Å²) >= 11 is 0. The fourth-order valence-electron chi connectivity index (χ4n) is 2.83. The molecule has 0 aromatic rings. The van der Waals surface area contributed by atoms with Crippen molar-refractivity contribution in [1.82, 2.24) is 0 Å². The van der Waals surface area contributed by atoms with Crippen LogP contribution in [0, 0.1) is 5.92 Å². The molecule has 13 heteroatoms. The van der Waals surface area contributed by atoms with Crippen LogP contribution in [0.4, 0.5) is 26.3 Å². The molecule has 26 heavy (non-hydrogen) atoms. The molecule has 1 aliphatic carbocycles. The summed E-state index contributed by atoms with van der Waals surface area (Å²) in [5.74, 6) is -0.643. The van der Waals surface area contributed by atoms with Crippen molar-refractivity contribution in [3.8, 4) is 0 Å². The Morgan fingerprint density at radius 3 is 1.69 bits per heavy atom. The minimum Gasteiger partial charge on any atom is -0.495 e. The van der Waals surface area contributed by atoms with E-state index in [-0.39, 0.29) is 5.76 Å². The second kappa shape index (κ2) is 7.56. The van der Waals surface area contributed by atoms with Gasteiger partial charge in [-0.05, 0) is 25.7 Å². The predicted molar refractivity (Wildman–Crippen MR) is 80.0 cm³/mol. The molecule has 1 rings (SSSR count). The van der Waals surface area contributed by atoms with E-state index in [4.69, 9.17) is 4.74 Å². The number of hydrogen-bond acceptors (Lipinski definition) is 5. The van der Waals surface area contributed by atoms with Gasteiger partial charge in [-0.3, -0.25) is 0 Å². The zero-order valence-electron chi connectivity index (χ0n) is 13.6. The van der Waals surface area contributed by atoms with Gasteiger partial charge in [-0.25, -0.2) is 16.8 Å². The Bertz CT molecular complexity index is 673. The average Bonchev–Trinajstić information content (AvgIpc) is 2.93. The third kappa shape index (κ3) is 4.84. The summed E-state index contributed by atoms with van der Waals surface area (Å²) in [6.07, 6.45) is -0.978. The molecular formula is C13H18F6O5S2. The molecule has 0 saturated heterocycles. The van der Waals surface area contributed by atoms with Gasteiger partial charge in [-0.1, -0.05) is 19.4 Å². The van der Waals surface area contributed by atoms with E-state index in [1.165, 1.54) is 6.92 Å². The van der Waals surface area contributed by atoms with Crippen molar-refractivity contribution >= 4 is 19.7 Å². The van der Waals surface area contributed by atoms with Gasteiger partial charge in [0.25, 0.3) is 19.7 Å². The summed E-state index contributed by atoms with van der Waals surface area (Å²) in [7, 11) is -13.3. The smallest absolute Gasteiger partial charge is 0.495 e. The molecule has 0 bridgehead atoms. The number of rotatable bonds is 7. The van der Waals surface area contributed by atoms with Gasteiger partial charge in [-0.2, -0.15) is 26.3 Å².